The van der Waals surface area contributed by atoms with Crippen LogP contribution < -0.4 is 4.90 Å². The van der Waals surface area contributed by atoms with E-state index < -0.39 is 10.7 Å². The third kappa shape index (κ3) is 4.54. The summed E-state index contributed by atoms with van der Waals surface area (Å²) in [7, 11) is 0. The summed E-state index contributed by atoms with van der Waals surface area (Å²) in [6, 6.07) is 13.8. The number of nitrogens with zero attached hydrogens (tertiary/aromatic N) is 2. The molecule has 6 heteroatoms. The van der Waals surface area contributed by atoms with Crippen molar-refractivity contribution in [2.45, 2.75) is 25.4 Å². The minimum atomic E-state index is -0.461. The molecule has 25 heavy (non-hydrogen) atoms. The van der Waals surface area contributed by atoms with Crippen molar-refractivity contribution in [1.82, 2.24) is 0 Å². The Morgan fingerprint density at radius 2 is 1.88 bits per heavy atom. The number of hydrogen-bond donors (Lipinski definition) is 0. The van der Waals surface area contributed by atoms with Gasteiger partial charge >= 0.3 is 0 Å². The van der Waals surface area contributed by atoms with E-state index in [1.807, 2.05) is 23.1 Å². The Bertz CT molecular complexity index is 716. The maximum atomic E-state index is 13.5. The van der Waals surface area contributed by atoms with Crippen LogP contribution in [-0.4, -0.2) is 30.7 Å². The first-order valence-electron chi connectivity index (χ1n) is 8.48. The first-order valence-corrected chi connectivity index (χ1v) is 8.48. The Balaban J connectivity index is 1.52. The van der Waals surface area contributed by atoms with Gasteiger partial charge in [-0.3, -0.25) is 10.1 Å². The van der Waals surface area contributed by atoms with Crippen molar-refractivity contribution in [3.63, 3.8) is 0 Å². The lowest BCUT2D eigenvalue weighted by Crippen LogP contribution is -2.37. The van der Waals surface area contributed by atoms with Gasteiger partial charge in [0.15, 0.2) is 0 Å². The summed E-state index contributed by atoms with van der Waals surface area (Å²) in [6.07, 6.45) is 2.58. The third-order valence-electron chi connectivity index (χ3n) is 4.50. The number of piperidine rings is 1. The number of ether oxygens (including phenoxy) is 1. The molecule has 5 nitrogen and oxygen atoms in total. The lowest BCUT2D eigenvalue weighted by atomic mass is 10.1. The second kappa shape index (κ2) is 8.07. The van der Waals surface area contributed by atoms with Crippen LogP contribution in [0.2, 0.25) is 0 Å². The number of benzene rings is 2. The van der Waals surface area contributed by atoms with Gasteiger partial charge in [-0.2, -0.15) is 0 Å². The highest BCUT2D eigenvalue weighted by molar-refractivity contribution is 5.63. The zero-order valence-corrected chi connectivity index (χ0v) is 13.9. The Morgan fingerprint density at radius 1 is 1.16 bits per heavy atom. The second-order valence-electron chi connectivity index (χ2n) is 6.18. The quantitative estimate of drug-likeness (QED) is 0.588. The van der Waals surface area contributed by atoms with Crippen molar-refractivity contribution in [3.05, 3.63) is 70.0 Å². The van der Waals surface area contributed by atoms with Gasteiger partial charge < -0.3 is 9.64 Å². The van der Waals surface area contributed by atoms with E-state index in [1.54, 1.807) is 0 Å². The molecule has 2 aromatic rings. The summed E-state index contributed by atoms with van der Waals surface area (Å²) in [5.41, 5.74) is 1.55. The predicted molar refractivity (Wildman–Crippen MR) is 94.4 cm³/mol. The van der Waals surface area contributed by atoms with Gasteiger partial charge in [-0.25, -0.2) is 4.39 Å². The molecule has 0 atom stereocenters. The van der Waals surface area contributed by atoms with Crippen molar-refractivity contribution in [2.24, 2.45) is 0 Å². The Morgan fingerprint density at radius 3 is 2.56 bits per heavy atom. The van der Waals surface area contributed by atoms with Crippen molar-refractivity contribution < 1.29 is 14.1 Å². The topological polar surface area (TPSA) is 55.6 Å². The van der Waals surface area contributed by atoms with Crippen LogP contribution in [0.15, 0.2) is 48.5 Å². The highest BCUT2D eigenvalue weighted by atomic mass is 19.1. The molecule has 0 aliphatic carbocycles. The highest BCUT2D eigenvalue weighted by Gasteiger charge is 2.25. The van der Waals surface area contributed by atoms with Gasteiger partial charge in [0.2, 0.25) is 0 Å². The lowest BCUT2D eigenvalue weighted by Gasteiger charge is -2.33. The molecule has 0 unspecified atom stereocenters. The van der Waals surface area contributed by atoms with E-state index in [2.05, 4.69) is 12.1 Å². The number of nitro groups is 1. The number of halogens is 1. The molecule has 0 aromatic heterocycles. The molecular weight excluding hydrogens is 323 g/mol. The van der Waals surface area contributed by atoms with Gasteiger partial charge in [-0.05, 0) is 30.9 Å². The van der Waals surface area contributed by atoms with Crippen LogP contribution in [-0.2, 0) is 11.2 Å². The number of rotatable bonds is 6. The van der Waals surface area contributed by atoms with Crippen LogP contribution in [0.5, 0.6) is 0 Å². The standard InChI is InChI=1S/C19H21FN2O3/c20-16-6-7-18(22(23)24)19(14-16)21-11-8-17(9-12-21)25-13-10-15-4-2-1-3-5-15/h1-7,14,17H,8-13H2. The van der Waals surface area contributed by atoms with Gasteiger partial charge in [-0.1, -0.05) is 30.3 Å². The molecule has 1 aliphatic rings. The maximum absolute atomic E-state index is 13.5. The van der Waals surface area contributed by atoms with Gasteiger partial charge in [-0.15, -0.1) is 0 Å². The van der Waals surface area contributed by atoms with Crippen molar-refractivity contribution in [3.8, 4) is 0 Å². The third-order valence-corrected chi connectivity index (χ3v) is 4.50. The SMILES string of the molecule is O=[N+]([O-])c1ccc(F)cc1N1CCC(OCCc2ccccc2)CC1. The highest BCUT2D eigenvalue weighted by Crippen LogP contribution is 2.31. The summed E-state index contributed by atoms with van der Waals surface area (Å²) < 4.78 is 19.4. The van der Waals surface area contributed by atoms with Gasteiger partial charge in [0.25, 0.3) is 5.69 Å². The van der Waals surface area contributed by atoms with E-state index in [9.17, 15) is 14.5 Å². The largest absolute Gasteiger partial charge is 0.378 e. The zero-order chi connectivity index (χ0) is 17.6. The minimum absolute atomic E-state index is 0.0511. The first kappa shape index (κ1) is 17.4. The van der Waals surface area contributed by atoms with Crippen LogP contribution in [0.3, 0.4) is 0 Å². The van der Waals surface area contributed by atoms with Crippen molar-refractivity contribution >= 4 is 11.4 Å². The lowest BCUT2D eigenvalue weighted by molar-refractivity contribution is -0.384. The Kier molecular flexibility index (Phi) is 5.60. The minimum Gasteiger partial charge on any atom is -0.378 e. The molecule has 0 spiro atoms. The fraction of sp³-hybridized carbons (Fsp3) is 0.368. The Labute approximate surface area is 146 Å². The summed E-state index contributed by atoms with van der Waals surface area (Å²) in [5, 5.41) is 11.1. The number of anilines is 1. The fourth-order valence-electron chi connectivity index (χ4n) is 3.16. The molecular formula is C19H21FN2O3. The van der Waals surface area contributed by atoms with E-state index >= 15 is 0 Å². The van der Waals surface area contributed by atoms with E-state index in [-0.39, 0.29) is 11.8 Å². The molecule has 2 aromatic carbocycles. The van der Waals surface area contributed by atoms with E-state index in [0.29, 0.717) is 25.4 Å². The van der Waals surface area contributed by atoms with Crippen LogP contribution in [0.1, 0.15) is 18.4 Å². The summed E-state index contributed by atoms with van der Waals surface area (Å²) in [4.78, 5) is 12.6. The smallest absolute Gasteiger partial charge is 0.292 e. The van der Waals surface area contributed by atoms with Gasteiger partial charge in [0, 0.05) is 25.2 Å². The molecule has 0 bridgehead atoms. The molecule has 0 N–H and O–H groups in total. The van der Waals surface area contributed by atoms with E-state index in [1.165, 1.54) is 17.7 Å². The molecule has 1 aliphatic heterocycles. The second-order valence-corrected chi connectivity index (χ2v) is 6.18. The maximum Gasteiger partial charge on any atom is 0.292 e. The van der Waals surface area contributed by atoms with Crippen molar-refractivity contribution in [2.75, 3.05) is 24.6 Å². The molecule has 1 heterocycles. The van der Waals surface area contributed by atoms with Crippen LogP contribution >= 0.6 is 0 Å². The molecule has 0 saturated carbocycles. The summed E-state index contributed by atoms with van der Waals surface area (Å²) in [5.74, 6) is -0.457. The zero-order valence-electron chi connectivity index (χ0n) is 13.9. The molecule has 0 radical (unpaired) electrons. The molecule has 1 fully saturated rings. The average molecular weight is 344 g/mol. The molecule has 0 amide bonds. The average Bonchev–Trinajstić information content (AvgIpc) is 2.63. The number of hydrogen-bond acceptors (Lipinski definition) is 4. The first-order chi connectivity index (χ1) is 12.1. The van der Waals surface area contributed by atoms with Crippen molar-refractivity contribution in [1.29, 1.82) is 0 Å². The fourth-order valence-corrected chi connectivity index (χ4v) is 3.16. The summed E-state index contributed by atoms with van der Waals surface area (Å²) in [6.45, 7) is 1.91. The summed E-state index contributed by atoms with van der Waals surface area (Å²) >= 11 is 0. The van der Waals surface area contributed by atoms with E-state index in [0.717, 1.165) is 25.3 Å². The van der Waals surface area contributed by atoms with Crippen LogP contribution in [0, 0.1) is 15.9 Å². The van der Waals surface area contributed by atoms with Gasteiger partial charge in [0.1, 0.15) is 11.5 Å². The van der Waals surface area contributed by atoms with E-state index in [4.69, 9.17) is 4.74 Å². The Hall–Kier alpha value is -2.47. The van der Waals surface area contributed by atoms with Crippen LogP contribution in [0.4, 0.5) is 15.8 Å². The monoisotopic (exact) mass is 344 g/mol. The van der Waals surface area contributed by atoms with Gasteiger partial charge in [0.05, 0.1) is 17.6 Å². The molecule has 3 rings (SSSR count). The normalized spacial score (nSPS) is 15.3. The van der Waals surface area contributed by atoms with Crippen LogP contribution in [0.25, 0.3) is 0 Å². The molecule has 1 saturated heterocycles. The molecule has 132 valence electrons. The predicted octanol–water partition coefficient (Wildman–Crippen LogP) is 3.96. The number of nitro benzene ring substituents is 1.